The maximum Gasteiger partial charge on any atom is 0.242 e. The number of nitrogens with one attached hydrogen (secondary N) is 2. The summed E-state index contributed by atoms with van der Waals surface area (Å²) < 4.78 is 26.9. The molecule has 0 saturated heterocycles. The molecular weight excluding hydrogens is 337 g/mol. The Morgan fingerprint density at radius 1 is 1.29 bits per heavy atom. The average Bonchev–Trinajstić information content (AvgIpc) is 2.91. The molecule has 0 unspecified atom stereocenters. The summed E-state index contributed by atoms with van der Waals surface area (Å²) in [6.45, 7) is 0.283. The molecule has 1 heterocycles. The lowest BCUT2D eigenvalue weighted by molar-refractivity contribution is 0.581. The van der Waals surface area contributed by atoms with Crippen molar-refractivity contribution in [3.8, 4) is 0 Å². The van der Waals surface area contributed by atoms with Gasteiger partial charge in [0.15, 0.2) is 0 Å². The van der Waals surface area contributed by atoms with Crippen molar-refractivity contribution in [3.05, 3.63) is 39.9 Å². The number of rotatable bonds is 6. The molecule has 0 fully saturated rings. The van der Waals surface area contributed by atoms with Crippen LogP contribution in [0.3, 0.4) is 0 Å². The molecule has 0 amide bonds. The van der Waals surface area contributed by atoms with Gasteiger partial charge in [-0.25, -0.2) is 18.1 Å². The van der Waals surface area contributed by atoms with Crippen LogP contribution < -0.4 is 10.5 Å². The van der Waals surface area contributed by atoms with Gasteiger partial charge >= 0.3 is 0 Å². The van der Waals surface area contributed by atoms with E-state index in [1.165, 1.54) is 18.5 Å². The summed E-state index contributed by atoms with van der Waals surface area (Å²) in [5.74, 6) is 0.586. The number of benzene rings is 1. The van der Waals surface area contributed by atoms with Gasteiger partial charge in [-0.15, -0.1) is 0 Å². The zero-order valence-electron chi connectivity index (χ0n) is 10.8. The van der Waals surface area contributed by atoms with E-state index in [0.29, 0.717) is 22.8 Å². The first kappa shape index (κ1) is 16.2. The van der Waals surface area contributed by atoms with Crippen molar-refractivity contribution in [3.63, 3.8) is 0 Å². The monoisotopic (exact) mass is 349 g/mol. The van der Waals surface area contributed by atoms with Gasteiger partial charge in [0, 0.05) is 24.5 Å². The van der Waals surface area contributed by atoms with Crippen LogP contribution in [-0.4, -0.2) is 30.1 Å². The Morgan fingerprint density at radius 2 is 2.05 bits per heavy atom. The lowest BCUT2D eigenvalue weighted by atomic mass is 10.2. The van der Waals surface area contributed by atoms with Crippen LogP contribution in [0.1, 0.15) is 11.4 Å². The van der Waals surface area contributed by atoms with Gasteiger partial charge in [-0.1, -0.05) is 23.2 Å². The molecule has 1 aromatic heterocycles. The van der Waals surface area contributed by atoms with Gasteiger partial charge in [-0.3, -0.25) is 5.10 Å². The van der Waals surface area contributed by atoms with E-state index >= 15 is 0 Å². The van der Waals surface area contributed by atoms with Crippen LogP contribution in [0, 0.1) is 0 Å². The summed E-state index contributed by atoms with van der Waals surface area (Å²) in [5.41, 5.74) is 6.03. The Morgan fingerprint density at radius 3 is 2.67 bits per heavy atom. The topological polar surface area (TPSA) is 114 Å². The Balaban J connectivity index is 2.15. The Kier molecular flexibility index (Phi) is 5.17. The number of halogens is 2. The number of nitrogens with zero attached hydrogens (tertiary/aromatic N) is 2. The van der Waals surface area contributed by atoms with E-state index in [2.05, 4.69) is 19.9 Å². The molecule has 1 aromatic carbocycles. The minimum atomic E-state index is -3.75. The lowest BCUT2D eigenvalue weighted by Gasteiger charge is -2.10. The predicted molar refractivity (Wildman–Crippen MR) is 79.6 cm³/mol. The van der Waals surface area contributed by atoms with Crippen molar-refractivity contribution in [2.45, 2.75) is 17.9 Å². The number of hydrogen-bond acceptors (Lipinski definition) is 5. The first-order valence-corrected chi connectivity index (χ1v) is 8.20. The van der Waals surface area contributed by atoms with E-state index in [4.69, 9.17) is 28.9 Å². The van der Waals surface area contributed by atoms with Crippen LogP contribution in [0.25, 0.3) is 0 Å². The second-order valence-corrected chi connectivity index (χ2v) is 6.71. The van der Waals surface area contributed by atoms with Gasteiger partial charge in [-0.05, 0) is 17.7 Å². The molecule has 0 saturated carbocycles. The summed E-state index contributed by atoms with van der Waals surface area (Å²) >= 11 is 11.9. The van der Waals surface area contributed by atoms with Gasteiger partial charge in [0.05, 0.1) is 5.02 Å². The standard InChI is InChI=1S/C11H13Cl2N5O2S/c12-8-4-9(13)10(3-7(8)5-14)21(19,20)17-2-1-11-15-6-16-18-11/h3-4,6,17H,1-2,5,14H2,(H,15,16,18). The highest BCUT2D eigenvalue weighted by Gasteiger charge is 2.19. The number of nitrogens with two attached hydrogens (primary N) is 1. The third-order valence-corrected chi connectivity index (χ3v) is 5.01. The fraction of sp³-hybridized carbons (Fsp3) is 0.273. The highest BCUT2D eigenvalue weighted by Crippen LogP contribution is 2.28. The van der Waals surface area contributed by atoms with Crippen LogP contribution >= 0.6 is 23.2 Å². The molecule has 10 heteroatoms. The molecular formula is C11H13Cl2N5O2S. The third-order valence-electron chi connectivity index (χ3n) is 2.73. The minimum absolute atomic E-state index is 0.0457. The zero-order chi connectivity index (χ0) is 15.5. The summed E-state index contributed by atoms with van der Waals surface area (Å²) in [6, 6.07) is 2.75. The second-order valence-electron chi connectivity index (χ2n) is 4.16. The lowest BCUT2D eigenvalue weighted by Crippen LogP contribution is -2.26. The molecule has 4 N–H and O–H groups in total. The van der Waals surface area contributed by atoms with Crippen molar-refractivity contribution >= 4 is 33.2 Å². The fourth-order valence-corrected chi connectivity index (χ4v) is 3.57. The van der Waals surface area contributed by atoms with Gasteiger partial charge in [0.25, 0.3) is 0 Å². The predicted octanol–water partition coefficient (Wildman–Crippen LogP) is 1.09. The number of aromatic amines is 1. The normalized spacial score (nSPS) is 11.8. The maximum atomic E-state index is 12.2. The summed E-state index contributed by atoms with van der Waals surface area (Å²) in [6.07, 6.45) is 1.74. The molecule has 21 heavy (non-hydrogen) atoms. The van der Waals surface area contributed by atoms with Crippen molar-refractivity contribution in [2.75, 3.05) is 6.54 Å². The van der Waals surface area contributed by atoms with Crippen LogP contribution in [0.5, 0.6) is 0 Å². The van der Waals surface area contributed by atoms with Crippen molar-refractivity contribution in [1.82, 2.24) is 19.9 Å². The smallest absolute Gasteiger partial charge is 0.242 e. The number of sulfonamides is 1. The summed E-state index contributed by atoms with van der Waals surface area (Å²) in [4.78, 5) is 3.85. The quantitative estimate of drug-likeness (QED) is 0.722. The van der Waals surface area contributed by atoms with E-state index in [1.807, 2.05) is 0 Å². The van der Waals surface area contributed by atoms with Gasteiger partial charge in [0.2, 0.25) is 10.0 Å². The molecule has 0 radical (unpaired) electrons. The van der Waals surface area contributed by atoms with Gasteiger partial charge in [-0.2, -0.15) is 5.10 Å². The number of aromatic nitrogens is 3. The molecule has 2 aromatic rings. The summed E-state index contributed by atoms with van der Waals surface area (Å²) in [7, 11) is -3.75. The van der Waals surface area contributed by atoms with Crippen LogP contribution in [0.15, 0.2) is 23.4 Å². The molecule has 7 nitrogen and oxygen atoms in total. The van der Waals surface area contributed by atoms with Crippen molar-refractivity contribution in [1.29, 1.82) is 0 Å². The highest BCUT2D eigenvalue weighted by atomic mass is 35.5. The molecule has 0 bridgehead atoms. The molecule has 2 rings (SSSR count). The number of H-pyrrole nitrogens is 1. The Labute approximate surface area is 131 Å². The SMILES string of the molecule is NCc1cc(S(=O)(=O)NCCc2ncn[nH]2)c(Cl)cc1Cl. The van der Waals surface area contributed by atoms with E-state index in [-0.39, 0.29) is 23.0 Å². The average molecular weight is 350 g/mol. The third kappa shape index (κ3) is 3.92. The Bertz CT molecular complexity index is 718. The number of hydrogen-bond donors (Lipinski definition) is 3. The first-order chi connectivity index (χ1) is 9.94. The molecule has 0 aliphatic heterocycles. The second kappa shape index (κ2) is 6.71. The molecule has 0 aliphatic rings. The molecule has 0 spiro atoms. The van der Waals surface area contributed by atoms with E-state index in [9.17, 15) is 8.42 Å². The fourth-order valence-electron chi connectivity index (χ4n) is 1.67. The minimum Gasteiger partial charge on any atom is -0.326 e. The van der Waals surface area contributed by atoms with Crippen LogP contribution in [0.2, 0.25) is 10.0 Å². The largest absolute Gasteiger partial charge is 0.326 e. The van der Waals surface area contributed by atoms with Crippen molar-refractivity contribution < 1.29 is 8.42 Å². The van der Waals surface area contributed by atoms with Crippen LogP contribution in [0.4, 0.5) is 0 Å². The summed E-state index contributed by atoms with van der Waals surface area (Å²) in [5, 5.41) is 6.71. The zero-order valence-corrected chi connectivity index (χ0v) is 13.1. The van der Waals surface area contributed by atoms with E-state index < -0.39 is 10.0 Å². The van der Waals surface area contributed by atoms with E-state index in [0.717, 1.165) is 0 Å². The molecule has 114 valence electrons. The maximum absolute atomic E-state index is 12.2. The van der Waals surface area contributed by atoms with E-state index in [1.54, 1.807) is 0 Å². The molecule has 0 aliphatic carbocycles. The van der Waals surface area contributed by atoms with Crippen molar-refractivity contribution in [2.24, 2.45) is 5.73 Å². The van der Waals surface area contributed by atoms with Gasteiger partial charge in [0.1, 0.15) is 17.0 Å². The first-order valence-electron chi connectivity index (χ1n) is 5.96. The highest BCUT2D eigenvalue weighted by molar-refractivity contribution is 7.89. The van der Waals surface area contributed by atoms with Gasteiger partial charge < -0.3 is 5.73 Å². The Hall–Kier alpha value is -1.19. The molecule has 0 atom stereocenters. The van der Waals surface area contributed by atoms with Crippen LogP contribution in [-0.2, 0) is 23.0 Å².